The van der Waals surface area contributed by atoms with Gasteiger partial charge in [-0.2, -0.15) is 0 Å². The second-order valence-electron chi connectivity index (χ2n) is 8.47. The van der Waals surface area contributed by atoms with Gasteiger partial charge in [0.2, 0.25) is 0 Å². The van der Waals surface area contributed by atoms with Gasteiger partial charge in [0, 0.05) is 30.9 Å². The molecule has 182 valence electrons. The fraction of sp³-hybridized carbons (Fsp3) is 0.500. The second-order valence-corrected chi connectivity index (χ2v) is 8.47. The number of amides is 2. The zero-order valence-electron chi connectivity index (χ0n) is 19.9. The molecular weight excluding hydrogens is 533 g/mol. The van der Waals surface area contributed by atoms with E-state index in [9.17, 15) is 9.90 Å². The van der Waals surface area contributed by atoms with Crippen molar-refractivity contribution in [3.63, 3.8) is 0 Å². The quantitative estimate of drug-likeness (QED) is 0.229. The van der Waals surface area contributed by atoms with Gasteiger partial charge in [-0.25, -0.2) is 9.79 Å². The summed E-state index contributed by atoms with van der Waals surface area (Å²) in [5, 5.41) is 20.3. The Bertz CT molecular complexity index is 951. The highest BCUT2D eigenvalue weighted by Gasteiger charge is 2.28. The summed E-state index contributed by atoms with van der Waals surface area (Å²) in [4.78, 5) is 18.8. The van der Waals surface area contributed by atoms with Crippen LogP contribution in [0.5, 0.6) is 0 Å². The lowest BCUT2D eigenvalue weighted by atomic mass is 9.96. The van der Waals surface area contributed by atoms with Crippen LogP contribution in [0.3, 0.4) is 0 Å². The molecule has 0 aliphatic carbocycles. The van der Waals surface area contributed by atoms with Crippen LogP contribution >= 0.6 is 24.0 Å². The molecule has 1 fully saturated rings. The molecule has 1 aliphatic rings. The molecule has 1 atom stereocenters. The van der Waals surface area contributed by atoms with Gasteiger partial charge in [0.1, 0.15) is 17.1 Å². The van der Waals surface area contributed by atoms with Gasteiger partial charge >= 0.3 is 6.03 Å². The first-order chi connectivity index (χ1) is 15.3. The molecule has 1 saturated heterocycles. The van der Waals surface area contributed by atoms with Gasteiger partial charge in [-0.05, 0) is 64.3 Å². The number of guanidine groups is 1. The number of nitrogens with one attached hydrogen (secondary N) is 3. The third kappa shape index (κ3) is 7.63. The number of hydrogen-bond acceptors (Lipinski definition) is 4. The zero-order chi connectivity index (χ0) is 23.1. The van der Waals surface area contributed by atoms with E-state index >= 15 is 0 Å². The van der Waals surface area contributed by atoms with Gasteiger partial charge in [0.25, 0.3) is 0 Å². The molecule has 8 nitrogen and oxygen atoms in total. The Morgan fingerprint density at radius 3 is 2.58 bits per heavy atom. The Kier molecular flexibility index (Phi) is 10.0. The van der Waals surface area contributed by atoms with Crippen molar-refractivity contribution in [2.75, 3.05) is 31.5 Å². The van der Waals surface area contributed by atoms with E-state index in [1.807, 2.05) is 56.0 Å². The SMILES string of the molecule is CCNC(=NCc1cccc(NC(=O)N2CCCC2)c1)NCC(C)(O)c1cc(C)oc1C.I. The molecule has 0 radical (unpaired) electrons. The van der Waals surface area contributed by atoms with Gasteiger partial charge in [-0.15, -0.1) is 24.0 Å². The number of halogens is 1. The summed E-state index contributed by atoms with van der Waals surface area (Å²) in [6.45, 7) is 10.5. The number of aliphatic hydroxyl groups is 1. The monoisotopic (exact) mass is 569 g/mol. The Morgan fingerprint density at radius 2 is 1.94 bits per heavy atom. The molecule has 1 aromatic carbocycles. The van der Waals surface area contributed by atoms with E-state index in [1.54, 1.807) is 6.92 Å². The molecule has 1 aromatic heterocycles. The minimum absolute atomic E-state index is 0. The van der Waals surface area contributed by atoms with Crippen LogP contribution in [0.2, 0.25) is 0 Å². The van der Waals surface area contributed by atoms with Crippen LogP contribution in [0.1, 0.15) is 49.3 Å². The first-order valence-corrected chi connectivity index (χ1v) is 11.3. The number of furan rings is 1. The van der Waals surface area contributed by atoms with Gasteiger partial charge in [0.05, 0.1) is 13.1 Å². The normalized spacial score (nSPS) is 15.5. The molecule has 33 heavy (non-hydrogen) atoms. The third-order valence-corrected chi connectivity index (χ3v) is 5.56. The number of rotatable bonds is 7. The van der Waals surface area contributed by atoms with E-state index in [0.717, 1.165) is 48.5 Å². The molecular formula is C24H36IN5O3. The maximum absolute atomic E-state index is 12.3. The lowest BCUT2D eigenvalue weighted by Crippen LogP contribution is -2.44. The molecule has 9 heteroatoms. The van der Waals surface area contributed by atoms with Crippen LogP contribution in [-0.4, -0.2) is 48.2 Å². The lowest BCUT2D eigenvalue weighted by Gasteiger charge is -2.24. The minimum Gasteiger partial charge on any atom is -0.466 e. The summed E-state index contributed by atoms with van der Waals surface area (Å²) < 4.78 is 5.57. The smallest absolute Gasteiger partial charge is 0.321 e. The summed E-state index contributed by atoms with van der Waals surface area (Å²) in [6.07, 6.45) is 2.13. The summed E-state index contributed by atoms with van der Waals surface area (Å²) in [7, 11) is 0. The third-order valence-electron chi connectivity index (χ3n) is 5.56. The van der Waals surface area contributed by atoms with Crippen LogP contribution in [0.15, 0.2) is 39.7 Å². The fourth-order valence-corrected chi connectivity index (χ4v) is 3.90. The van der Waals surface area contributed by atoms with Crippen molar-refractivity contribution in [3.05, 3.63) is 53.0 Å². The summed E-state index contributed by atoms with van der Waals surface area (Å²) in [5.41, 5.74) is 1.41. The van der Waals surface area contributed by atoms with E-state index in [0.29, 0.717) is 24.8 Å². The van der Waals surface area contributed by atoms with E-state index in [-0.39, 0.29) is 36.6 Å². The fourth-order valence-electron chi connectivity index (χ4n) is 3.90. The number of urea groups is 1. The number of aliphatic imine (C=N–C) groups is 1. The van der Waals surface area contributed by atoms with E-state index in [2.05, 4.69) is 20.9 Å². The highest BCUT2D eigenvalue weighted by Crippen LogP contribution is 2.26. The molecule has 1 aliphatic heterocycles. The van der Waals surface area contributed by atoms with E-state index < -0.39 is 5.60 Å². The van der Waals surface area contributed by atoms with Crippen LogP contribution in [-0.2, 0) is 12.1 Å². The van der Waals surface area contributed by atoms with Crippen LogP contribution in [0, 0.1) is 13.8 Å². The number of nitrogens with zero attached hydrogens (tertiary/aromatic N) is 2. The van der Waals surface area contributed by atoms with Crippen molar-refractivity contribution in [1.29, 1.82) is 0 Å². The molecule has 2 heterocycles. The number of anilines is 1. The van der Waals surface area contributed by atoms with E-state index in [4.69, 9.17) is 4.42 Å². The maximum atomic E-state index is 12.3. The topological polar surface area (TPSA) is 102 Å². The van der Waals surface area contributed by atoms with Gasteiger partial charge in [0.15, 0.2) is 5.96 Å². The summed E-state index contributed by atoms with van der Waals surface area (Å²) in [5.74, 6) is 2.09. The Morgan fingerprint density at radius 1 is 1.21 bits per heavy atom. The van der Waals surface area contributed by atoms with Crippen LogP contribution in [0.4, 0.5) is 10.5 Å². The van der Waals surface area contributed by atoms with Crippen LogP contribution in [0.25, 0.3) is 0 Å². The van der Waals surface area contributed by atoms with Crippen molar-refractivity contribution in [1.82, 2.24) is 15.5 Å². The van der Waals surface area contributed by atoms with Crippen molar-refractivity contribution in [2.45, 2.75) is 52.7 Å². The number of hydrogen-bond donors (Lipinski definition) is 4. The lowest BCUT2D eigenvalue weighted by molar-refractivity contribution is 0.0601. The zero-order valence-corrected chi connectivity index (χ0v) is 22.2. The Labute approximate surface area is 213 Å². The largest absolute Gasteiger partial charge is 0.466 e. The summed E-state index contributed by atoms with van der Waals surface area (Å²) in [6, 6.07) is 9.53. The molecule has 0 bridgehead atoms. The first kappa shape index (κ1) is 27.0. The minimum atomic E-state index is -1.10. The van der Waals surface area contributed by atoms with Gasteiger partial charge in [-0.1, -0.05) is 12.1 Å². The second kappa shape index (κ2) is 12.3. The van der Waals surface area contributed by atoms with Crippen LogP contribution < -0.4 is 16.0 Å². The highest BCUT2D eigenvalue weighted by atomic mass is 127. The standard InChI is InChI=1S/C24H35N5O3.HI/c1-5-25-22(27-16-24(4,31)21-13-17(2)32-18(21)3)26-15-19-9-8-10-20(14-19)28-23(30)29-11-6-7-12-29;/h8-10,13-14,31H,5-7,11-12,15-16H2,1-4H3,(H,28,30)(H2,25,26,27);1H. The van der Waals surface area contributed by atoms with E-state index in [1.165, 1.54) is 0 Å². The molecule has 2 amide bonds. The predicted octanol–water partition coefficient (Wildman–Crippen LogP) is 4.10. The highest BCUT2D eigenvalue weighted by molar-refractivity contribution is 14.0. The van der Waals surface area contributed by atoms with Gasteiger partial charge in [-0.3, -0.25) is 0 Å². The molecule has 0 spiro atoms. The number of carbonyl (C=O) groups is 1. The molecule has 2 aromatic rings. The number of likely N-dealkylation sites (tertiary alicyclic amines) is 1. The van der Waals surface area contributed by atoms with Crippen molar-refractivity contribution in [2.24, 2.45) is 4.99 Å². The number of benzene rings is 1. The molecule has 0 saturated carbocycles. The maximum Gasteiger partial charge on any atom is 0.321 e. The number of aryl methyl sites for hydroxylation is 2. The summed E-state index contributed by atoms with van der Waals surface area (Å²) >= 11 is 0. The molecule has 1 unspecified atom stereocenters. The number of carbonyl (C=O) groups excluding carboxylic acids is 1. The Balaban J connectivity index is 0.00000385. The Hall–Kier alpha value is -2.27. The first-order valence-electron chi connectivity index (χ1n) is 11.3. The average molecular weight is 569 g/mol. The van der Waals surface area contributed by atoms with Crippen molar-refractivity contribution in [3.8, 4) is 0 Å². The van der Waals surface area contributed by atoms with Crippen molar-refractivity contribution < 1.29 is 14.3 Å². The van der Waals surface area contributed by atoms with Crippen molar-refractivity contribution >= 4 is 41.7 Å². The molecule has 3 rings (SSSR count). The predicted molar refractivity (Wildman–Crippen MR) is 142 cm³/mol. The molecule has 4 N–H and O–H groups in total. The van der Waals surface area contributed by atoms with Gasteiger partial charge < -0.3 is 30.4 Å². The average Bonchev–Trinajstić information content (AvgIpc) is 3.40.